The highest BCUT2D eigenvalue weighted by Crippen LogP contribution is 2.41. The van der Waals surface area contributed by atoms with E-state index >= 15 is 0 Å². The summed E-state index contributed by atoms with van der Waals surface area (Å²) in [5.41, 5.74) is 0. The minimum absolute atomic E-state index is 0.150. The summed E-state index contributed by atoms with van der Waals surface area (Å²) in [6.45, 7) is 0. The molecule has 0 radical (unpaired) electrons. The lowest BCUT2D eigenvalue weighted by Crippen LogP contribution is -2.45. The van der Waals surface area contributed by atoms with E-state index in [1.54, 1.807) is 6.20 Å². The average Bonchev–Trinajstić information content (AvgIpc) is 2.63. The summed E-state index contributed by atoms with van der Waals surface area (Å²) in [6, 6.07) is 0.823. The van der Waals surface area contributed by atoms with E-state index in [0.29, 0.717) is 18.0 Å². The van der Waals surface area contributed by atoms with Crippen molar-refractivity contribution in [3.05, 3.63) is 10.7 Å². The SMILES string of the molecule is CNc1ncc(Br)c(N2C3CCC2CC(O)C3)n1. The van der Waals surface area contributed by atoms with Crippen LogP contribution in [0, 0.1) is 0 Å². The van der Waals surface area contributed by atoms with Crippen molar-refractivity contribution in [2.45, 2.75) is 43.9 Å². The monoisotopic (exact) mass is 312 g/mol. The van der Waals surface area contributed by atoms with Crippen LogP contribution >= 0.6 is 15.9 Å². The van der Waals surface area contributed by atoms with Crippen LogP contribution in [0.25, 0.3) is 0 Å². The zero-order valence-corrected chi connectivity index (χ0v) is 11.9. The first kappa shape index (κ1) is 12.2. The van der Waals surface area contributed by atoms with Crippen molar-refractivity contribution in [1.82, 2.24) is 9.97 Å². The highest BCUT2D eigenvalue weighted by molar-refractivity contribution is 9.10. The normalized spacial score (nSPS) is 30.6. The van der Waals surface area contributed by atoms with Crippen LogP contribution < -0.4 is 10.2 Å². The number of aliphatic hydroxyl groups excluding tert-OH is 1. The molecule has 1 aromatic rings. The maximum atomic E-state index is 9.84. The van der Waals surface area contributed by atoms with Crippen molar-refractivity contribution < 1.29 is 5.11 Å². The molecule has 0 amide bonds. The minimum atomic E-state index is -0.150. The van der Waals surface area contributed by atoms with Gasteiger partial charge in [-0.15, -0.1) is 0 Å². The molecule has 2 aliphatic rings. The molecule has 18 heavy (non-hydrogen) atoms. The molecule has 3 heterocycles. The first-order valence-corrected chi connectivity index (χ1v) is 7.15. The fourth-order valence-corrected chi connectivity index (χ4v) is 3.55. The Morgan fingerprint density at radius 2 is 2.06 bits per heavy atom. The van der Waals surface area contributed by atoms with Gasteiger partial charge in [-0.05, 0) is 41.6 Å². The van der Waals surface area contributed by atoms with Crippen molar-refractivity contribution in [2.24, 2.45) is 0 Å². The van der Waals surface area contributed by atoms with Crippen LogP contribution in [-0.2, 0) is 0 Å². The summed E-state index contributed by atoms with van der Waals surface area (Å²) >= 11 is 3.54. The van der Waals surface area contributed by atoms with Crippen molar-refractivity contribution in [3.63, 3.8) is 0 Å². The van der Waals surface area contributed by atoms with E-state index in [4.69, 9.17) is 0 Å². The van der Waals surface area contributed by atoms with Crippen LogP contribution in [0.3, 0.4) is 0 Å². The molecule has 2 bridgehead atoms. The van der Waals surface area contributed by atoms with Crippen LogP contribution in [0.2, 0.25) is 0 Å². The Kier molecular flexibility index (Phi) is 3.15. The summed E-state index contributed by atoms with van der Waals surface area (Å²) < 4.78 is 0.926. The van der Waals surface area contributed by atoms with Gasteiger partial charge in [0.1, 0.15) is 5.82 Å². The van der Waals surface area contributed by atoms with Gasteiger partial charge in [-0.1, -0.05) is 0 Å². The van der Waals surface area contributed by atoms with Gasteiger partial charge in [-0.25, -0.2) is 4.98 Å². The molecule has 0 saturated carbocycles. The Labute approximate surface area is 115 Å². The summed E-state index contributed by atoms with van der Waals surface area (Å²) in [6.07, 6.45) is 5.63. The van der Waals surface area contributed by atoms with Gasteiger partial charge in [-0.3, -0.25) is 0 Å². The van der Waals surface area contributed by atoms with Gasteiger partial charge in [0.2, 0.25) is 5.95 Å². The molecule has 0 aliphatic carbocycles. The molecule has 2 unspecified atom stereocenters. The Hall–Kier alpha value is -0.880. The van der Waals surface area contributed by atoms with E-state index in [1.807, 2.05) is 7.05 Å². The number of aliphatic hydroxyl groups is 1. The van der Waals surface area contributed by atoms with Crippen LogP contribution in [0.15, 0.2) is 10.7 Å². The number of piperidine rings is 1. The van der Waals surface area contributed by atoms with Crippen LogP contribution in [0.4, 0.5) is 11.8 Å². The Balaban J connectivity index is 1.95. The van der Waals surface area contributed by atoms with Crippen LogP contribution in [0.5, 0.6) is 0 Å². The highest BCUT2D eigenvalue weighted by Gasteiger charge is 2.41. The minimum Gasteiger partial charge on any atom is -0.393 e. The maximum Gasteiger partial charge on any atom is 0.224 e. The molecule has 2 N–H and O–H groups in total. The number of hydrogen-bond donors (Lipinski definition) is 2. The topological polar surface area (TPSA) is 61.3 Å². The Bertz CT molecular complexity index is 442. The summed E-state index contributed by atoms with van der Waals surface area (Å²) in [5.74, 6) is 1.59. The number of fused-ring (bicyclic) bond motifs is 2. The van der Waals surface area contributed by atoms with Crippen molar-refractivity contribution in [2.75, 3.05) is 17.3 Å². The van der Waals surface area contributed by atoms with Gasteiger partial charge in [0.05, 0.1) is 10.6 Å². The predicted molar refractivity (Wildman–Crippen MR) is 73.8 cm³/mol. The summed E-state index contributed by atoms with van der Waals surface area (Å²) in [4.78, 5) is 11.1. The van der Waals surface area contributed by atoms with Gasteiger partial charge in [0.15, 0.2) is 0 Å². The molecule has 3 rings (SSSR count). The van der Waals surface area contributed by atoms with E-state index in [1.165, 1.54) is 0 Å². The van der Waals surface area contributed by atoms with E-state index < -0.39 is 0 Å². The average molecular weight is 313 g/mol. The van der Waals surface area contributed by atoms with Crippen molar-refractivity contribution in [3.8, 4) is 0 Å². The molecule has 6 heteroatoms. The third kappa shape index (κ3) is 1.97. The molecule has 2 aliphatic heterocycles. The Morgan fingerprint density at radius 1 is 1.39 bits per heavy atom. The molecule has 0 spiro atoms. The number of aromatic nitrogens is 2. The first-order chi connectivity index (χ1) is 8.69. The highest BCUT2D eigenvalue weighted by atomic mass is 79.9. The molecule has 2 fully saturated rings. The van der Waals surface area contributed by atoms with Gasteiger partial charge in [0.25, 0.3) is 0 Å². The zero-order chi connectivity index (χ0) is 12.7. The number of halogens is 1. The van der Waals surface area contributed by atoms with Crippen molar-refractivity contribution in [1.29, 1.82) is 0 Å². The summed E-state index contributed by atoms with van der Waals surface area (Å²) in [7, 11) is 1.82. The third-order valence-electron chi connectivity index (χ3n) is 3.90. The lowest BCUT2D eigenvalue weighted by molar-refractivity contribution is 0.126. The fourth-order valence-electron chi connectivity index (χ4n) is 3.15. The number of rotatable bonds is 2. The van der Waals surface area contributed by atoms with Gasteiger partial charge >= 0.3 is 0 Å². The quantitative estimate of drug-likeness (QED) is 0.871. The van der Waals surface area contributed by atoms with E-state index in [9.17, 15) is 5.11 Å². The largest absolute Gasteiger partial charge is 0.393 e. The second kappa shape index (κ2) is 4.66. The van der Waals surface area contributed by atoms with Crippen LogP contribution in [0.1, 0.15) is 25.7 Å². The van der Waals surface area contributed by atoms with Gasteiger partial charge in [0, 0.05) is 25.3 Å². The van der Waals surface area contributed by atoms with E-state index in [-0.39, 0.29) is 6.10 Å². The number of nitrogens with zero attached hydrogens (tertiary/aromatic N) is 3. The molecule has 1 aromatic heterocycles. The number of anilines is 2. The molecule has 2 saturated heterocycles. The number of nitrogens with one attached hydrogen (secondary N) is 1. The summed E-state index contributed by atoms with van der Waals surface area (Å²) in [5, 5.41) is 12.8. The molecular formula is C12H17BrN4O. The lowest BCUT2D eigenvalue weighted by Gasteiger charge is -2.38. The third-order valence-corrected chi connectivity index (χ3v) is 4.46. The molecular weight excluding hydrogens is 296 g/mol. The van der Waals surface area contributed by atoms with E-state index in [0.717, 1.165) is 36.0 Å². The van der Waals surface area contributed by atoms with Crippen molar-refractivity contribution >= 4 is 27.7 Å². The van der Waals surface area contributed by atoms with Gasteiger partial charge in [-0.2, -0.15) is 4.98 Å². The Morgan fingerprint density at radius 3 is 2.67 bits per heavy atom. The standard InChI is InChI=1S/C12H17BrN4O/c1-14-12-15-6-10(13)11(16-12)17-7-2-3-8(17)5-9(18)4-7/h6-9,18H,2-5H2,1H3,(H,14,15,16). The predicted octanol–water partition coefficient (Wildman–Crippen LogP) is 1.77. The maximum absolute atomic E-state index is 9.84. The van der Waals surface area contributed by atoms with Crippen LogP contribution in [-0.4, -0.2) is 40.3 Å². The lowest BCUT2D eigenvalue weighted by atomic mass is 10.00. The van der Waals surface area contributed by atoms with E-state index in [2.05, 4.69) is 36.1 Å². The molecule has 5 nitrogen and oxygen atoms in total. The smallest absolute Gasteiger partial charge is 0.224 e. The molecule has 98 valence electrons. The second-order valence-electron chi connectivity index (χ2n) is 5.03. The first-order valence-electron chi connectivity index (χ1n) is 6.35. The van der Waals surface area contributed by atoms with Gasteiger partial charge < -0.3 is 15.3 Å². The number of hydrogen-bond acceptors (Lipinski definition) is 5. The fraction of sp³-hybridized carbons (Fsp3) is 0.667. The second-order valence-corrected chi connectivity index (χ2v) is 5.89. The molecule has 0 aromatic carbocycles. The molecule has 2 atom stereocenters. The zero-order valence-electron chi connectivity index (χ0n) is 10.3.